The van der Waals surface area contributed by atoms with Crippen molar-refractivity contribution in [2.24, 2.45) is 0 Å². The summed E-state index contributed by atoms with van der Waals surface area (Å²) in [5.74, 6) is 0. The third-order valence-electron chi connectivity index (χ3n) is 2.82. The Morgan fingerprint density at radius 3 is 2.85 bits per heavy atom. The van der Waals surface area contributed by atoms with E-state index in [4.69, 9.17) is 21.1 Å². The highest BCUT2D eigenvalue weighted by molar-refractivity contribution is 6.30. The summed E-state index contributed by atoms with van der Waals surface area (Å²) in [6.45, 7) is 4.36. The van der Waals surface area contributed by atoms with Crippen molar-refractivity contribution in [1.29, 1.82) is 0 Å². The molecule has 1 heterocycles. The number of amides is 1. The van der Waals surface area contributed by atoms with Gasteiger partial charge in [-0.25, -0.2) is 4.79 Å². The minimum Gasteiger partial charge on any atom is -0.448 e. The number of hydrogen-bond donors (Lipinski definition) is 1. The van der Waals surface area contributed by atoms with E-state index in [0.29, 0.717) is 17.3 Å². The number of rotatable bonds is 4. The normalized spacial score (nSPS) is 15.2. The predicted octanol–water partition coefficient (Wildman–Crippen LogP) is 2.64. The molecule has 0 spiro atoms. The van der Waals surface area contributed by atoms with Gasteiger partial charge in [0.2, 0.25) is 0 Å². The number of hydrogen-bond acceptors (Lipinski definition) is 4. The summed E-state index contributed by atoms with van der Waals surface area (Å²) < 4.78 is 10.4. The Labute approximate surface area is 129 Å². The first-order valence-electron chi connectivity index (χ1n) is 6.23. The first-order valence-corrected chi connectivity index (χ1v) is 6.61. The van der Waals surface area contributed by atoms with Crippen molar-refractivity contribution in [2.75, 3.05) is 44.8 Å². The molecule has 0 bridgehead atoms. The minimum atomic E-state index is -0.462. The van der Waals surface area contributed by atoms with Crippen LogP contribution in [0.4, 0.5) is 10.5 Å². The average Bonchev–Trinajstić information content (AvgIpc) is 2.40. The summed E-state index contributed by atoms with van der Waals surface area (Å²) in [4.78, 5) is 13.8. The first kappa shape index (κ1) is 17.0. The molecule has 1 aromatic carbocycles. The van der Waals surface area contributed by atoms with Crippen LogP contribution in [-0.2, 0) is 9.47 Å². The fourth-order valence-corrected chi connectivity index (χ4v) is 2.00. The van der Waals surface area contributed by atoms with Gasteiger partial charge >= 0.3 is 6.09 Å². The van der Waals surface area contributed by atoms with Gasteiger partial charge in [-0.2, -0.15) is 0 Å². The molecule has 0 radical (unpaired) electrons. The van der Waals surface area contributed by atoms with Gasteiger partial charge in [0.25, 0.3) is 0 Å². The molecule has 0 atom stereocenters. The van der Waals surface area contributed by atoms with E-state index in [1.165, 1.54) is 0 Å². The lowest BCUT2D eigenvalue weighted by atomic mass is 10.3. The number of halogens is 2. The van der Waals surface area contributed by atoms with Gasteiger partial charge in [0, 0.05) is 30.3 Å². The number of benzene rings is 1. The maximum absolute atomic E-state index is 11.5. The maximum atomic E-state index is 11.5. The molecule has 1 amide bonds. The zero-order valence-corrected chi connectivity index (χ0v) is 12.6. The van der Waals surface area contributed by atoms with Crippen LogP contribution < -0.4 is 5.32 Å². The van der Waals surface area contributed by atoms with Crippen molar-refractivity contribution in [1.82, 2.24) is 4.90 Å². The molecule has 20 heavy (non-hydrogen) atoms. The largest absolute Gasteiger partial charge is 0.448 e. The van der Waals surface area contributed by atoms with E-state index in [1.54, 1.807) is 24.3 Å². The highest BCUT2D eigenvalue weighted by atomic mass is 35.5. The smallest absolute Gasteiger partial charge is 0.411 e. The van der Waals surface area contributed by atoms with Crippen LogP contribution in [0.25, 0.3) is 0 Å². The van der Waals surface area contributed by atoms with Crippen molar-refractivity contribution in [3.63, 3.8) is 0 Å². The van der Waals surface area contributed by atoms with E-state index in [1.807, 2.05) is 0 Å². The standard InChI is InChI=1S/C13H17ClN2O3.ClH/c14-11-2-1-3-12(10-11)15-13(17)19-9-6-16-4-7-18-8-5-16;/h1-3,10H,4-9H2,(H,15,17);1H. The molecule has 5 nitrogen and oxygen atoms in total. The summed E-state index contributed by atoms with van der Waals surface area (Å²) in [7, 11) is 0. The lowest BCUT2D eigenvalue weighted by molar-refractivity contribution is 0.0290. The lowest BCUT2D eigenvalue weighted by Crippen LogP contribution is -2.38. The minimum absolute atomic E-state index is 0. The Balaban J connectivity index is 0.00000200. The average molecular weight is 321 g/mol. The number of nitrogens with zero attached hydrogens (tertiary/aromatic N) is 1. The van der Waals surface area contributed by atoms with Crippen LogP contribution in [0.5, 0.6) is 0 Å². The number of carbonyl (C=O) groups is 1. The molecular weight excluding hydrogens is 303 g/mol. The summed E-state index contributed by atoms with van der Waals surface area (Å²) in [5, 5.41) is 3.21. The Bertz CT molecular complexity index is 426. The van der Waals surface area contributed by atoms with Crippen molar-refractivity contribution in [2.45, 2.75) is 0 Å². The molecule has 7 heteroatoms. The molecule has 0 unspecified atom stereocenters. The van der Waals surface area contributed by atoms with Gasteiger partial charge in [-0.15, -0.1) is 12.4 Å². The Morgan fingerprint density at radius 2 is 2.15 bits per heavy atom. The second-order valence-electron chi connectivity index (χ2n) is 4.23. The number of ether oxygens (including phenoxy) is 2. The van der Waals surface area contributed by atoms with E-state index in [-0.39, 0.29) is 12.4 Å². The molecular formula is C13H18Cl2N2O3. The highest BCUT2D eigenvalue weighted by Gasteiger charge is 2.11. The summed E-state index contributed by atoms with van der Waals surface area (Å²) in [6.07, 6.45) is -0.462. The molecule has 112 valence electrons. The van der Waals surface area contributed by atoms with Crippen LogP contribution >= 0.6 is 24.0 Å². The molecule has 1 aliphatic heterocycles. The van der Waals surface area contributed by atoms with Gasteiger partial charge in [-0.05, 0) is 18.2 Å². The van der Waals surface area contributed by atoms with Crippen LogP contribution in [0.15, 0.2) is 24.3 Å². The van der Waals surface area contributed by atoms with Crippen molar-refractivity contribution < 1.29 is 14.3 Å². The van der Waals surface area contributed by atoms with Gasteiger partial charge < -0.3 is 9.47 Å². The third kappa shape index (κ3) is 5.96. The molecule has 2 rings (SSSR count). The maximum Gasteiger partial charge on any atom is 0.411 e. The molecule has 1 saturated heterocycles. The van der Waals surface area contributed by atoms with Gasteiger partial charge in [0.1, 0.15) is 6.61 Å². The number of morpholine rings is 1. The molecule has 0 aromatic heterocycles. The van der Waals surface area contributed by atoms with E-state index < -0.39 is 6.09 Å². The summed E-state index contributed by atoms with van der Waals surface area (Å²) in [5.41, 5.74) is 0.629. The number of carbonyl (C=O) groups excluding carboxylic acids is 1. The van der Waals surface area contributed by atoms with Crippen molar-refractivity contribution in [3.05, 3.63) is 29.3 Å². The van der Waals surface area contributed by atoms with Gasteiger partial charge in [0.05, 0.1) is 13.2 Å². The van der Waals surface area contributed by atoms with Crippen LogP contribution in [0.2, 0.25) is 5.02 Å². The molecule has 0 aliphatic carbocycles. The van der Waals surface area contributed by atoms with Crippen LogP contribution in [-0.4, -0.2) is 50.4 Å². The van der Waals surface area contributed by atoms with E-state index in [9.17, 15) is 4.79 Å². The Hall–Kier alpha value is -1.01. The Morgan fingerprint density at radius 1 is 1.40 bits per heavy atom. The van der Waals surface area contributed by atoms with Crippen LogP contribution in [0.3, 0.4) is 0 Å². The topological polar surface area (TPSA) is 50.8 Å². The molecule has 1 aliphatic rings. The fourth-order valence-electron chi connectivity index (χ4n) is 1.81. The van der Waals surface area contributed by atoms with Gasteiger partial charge in [0.15, 0.2) is 0 Å². The second-order valence-corrected chi connectivity index (χ2v) is 4.66. The van der Waals surface area contributed by atoms with Gasteiger partial charge in [-0.3, -0.25) is 10.2 Å². The van der Waals surface area contributed by atoms with Crippen molar-refractivity contribution in [3.8, 4) is 0 Å². The van der Waals surface area contributed by atoms with E-state index in [0.717, 1.165) is 32.8 Å². The zero-order chi connectivity index (χ0) is 13.5. The predicted molar refractivity (Wildman–Crippen MR) is 80.9 cm³/mol. The molecule has 1 fully saturated rings. The zero-order valence-electron chi connectivity index (χ0n) is 11.0. The Kier molecular flexibility index (Phi) is 7.69. The van der Waals surface area contributed by atoms with Gasteiger partial charge in [-0.1, -0.05) is 17.7 Å². The SMILES string of the molecule is Cl.O=C(Nc1cccc(Cl)c1)OCCN1CCOCC1. The molecule has 0 saturated carbocycles. The molecule has 1 aromatic rings. The third-order valence-corrected chi connectivity index (χ3v) is 3.05. The first-order chi connectivity index (χ1) is 9.24. The summed E-state index contributed by atoms with van der Waals surface area (Å²) in [6, 6.07) is 6.95. The van der Waals surface area contributed by atoms with Crippen LogP contribution in [0, 0.1) is 0 Å². The number of nitrogens with one attached hydrogen (secondary N) is 1. The fraction of sp³-hybridized carbons (Fsp3) is 0.462. The second kappa shape index (κ2) is 9.02. The monoisotopic (exact) mass is 320 g/mol. The van der Waals surface area contributed by atoms with E-state index in [2.05, 4.69) is 10.2 Å². The lowest BCUT2D eigenvalue weighted by Gasteiger charge is -2.26. The molecule has 1 N–H and O–H groups in total. The highest BCUT2D eigenvalue weighted by Crippen LogP contribution is 2.14. The van der Waals surface area contributed by atoms with E-state index >= 15 is 0 Å². The van der Waals surface area contributed by atoms with Crippen LogP contribution in [0.1, 0.15) is 0 Å². The number of anilines is 1. The summed E-state index contributed by atoms with van der Waals surface area (Å²) >= 11 is 5.82. The van der Waals surface area contributed by atoms with Crippen molar-refractivity contribution >= 4 is 35.8 Å². The quantitative estimate of drug-likeness (QED) is 0.926.